The second-order valence-corrected chi connectivity index (χ2v) is 8.02. The van der Waals surface area contributed by atoms with Crippen LogP contribution in [-0.4, -0.2) is 55.4 Å². The van der Waals surface area contributed by atoms with Gasteiger partial charge in [-0.3, -0.25) is 14.4 Å². The number of hydrogen-bond acceptors (Lipinski definition) is 6. The fourth-order valence-corrected chi connectivity index (χ4v) is 4.56. The maximum atomic E-state index is 13.1. The normalized spacial score (nSPS) is 18.6. The van der Waals surface area contributed by atoms with Gasteiger partial charge in [0.1, 0.15) is 36.1 Å². The van der Waals surface area contributed by atoms with Crippen molar-refractivity contribution in [2.45, 2.75) is 39.5 Å². The minimum absolute atomic E-state index is 0.128. The summed E-state index contributed by atoms with van der Waals surface area (Å²) in [6.07, 6.45) is 0.513. The van der Waals surface area contributed by atoms with Crippen molar-refractivity contribution in [2.24, 2.45) is 10.6 Å². The first kappa shape index (κ1) is 21.6. The highest BCUT2D eigenvalue weighted by Gasteiger charge is 2.54. The first-order valence-electron chi connectivity index (χ1n) is 9.79. The van der Waals surface area contributed by atoms with Gasteiger partial charge in [-0.05, 0) is 38.5 Å². The van der Waals surface area contributed by atoms with Crippen molar-refractivity contribution in [2.75, 3.05) is 27.3 Å². The number of nitrogens with zero attached hydrogens (tertiary/aromatic N) is 2. The van der Waals surface area contributed by atoms with E-state index in [1.165, 1.54) is 14.2 Å². The Morgan fingerprint density at radius 1 is 1.20 bits per heavy atom. The largest absolute Gasteiger partial charge is 0.496 e. The van der Waals surface area contributed by atoms with Gasteiger partial charge in [-0.1, -0.05) is 11.1 Å². The summed E-state index contributed by atoms with van der Waals surface area (Å²) >= 11 is 0. The van der Waals surface area contributed by atoms with Crippen LogP contribution in [0.15, 0.2) is 17.3 Å². The molecule has 1 amide bonds. The first-order valence-corrected chi connectivity index (χ1v) is 9.79. The number of carbonyl (C=O) groups excluding carboxylic acids is 3. The molecule has 1 heterocycles. The van der Waals surface area contributed by atoms with Gasteiger partial charge in [0.15, 0.2) is 0 Å². The second-order valence-electron chi connectivity index (χ2n) is 8.02. The molecule has 7 heteroatoms. The van der Waals surface area contributed by atoms with E-state index in [4.69, 9.17) is 4.74 Å². The average Bonchev–Trinajstić information content (AvgIpc) is 2.66. The zero-order valence-corrected chi connectivity index (χ0v) is 18.0. The molecule has 0 atom stereocenters. The van der Waals surface area contributed by atoms with Gasteiger partial charge in [0.25, 0.3) is 5.91 Å². The topological polar surface area (TPSA) is 85.3 Å². The van der Waals surface area contributed by atoms with Crippen LogP contribution in [0.4, 0.5) is 0 Å². The van der Waals surface area contributed by atoms with Crippen molar-refractivity contribution in [3.05, 3.63) is 28.8 Å². The highest BCUT2D eigenvalue weighted by molar-refractivity contribution is 6.37. The summed E-state index contributed by atoms with van der Waals surface area (Å²) in [5.74, 6) is 5.00. The highest BCUT2D eigenvalue weighted by atomic mass is 16.6. The van der Waals surface area contributed by atoms with E-state index in [2.05, 4.69) is 21.8 Å². The van der Waals surface area contributed by atoms with Crippen LogP contribution >= 0.6 is 0 Å². The molecule has 0 N–H and O–H groups in total. The third-order valence-corrected chi connectivity index (χ3v) is 5.75. The van der Waals surface area contributed by atoms with Gasteiger partial charge in [-0.2, -0.15) is 0 Å². The predicted octanol–water partition coefficient (Wildman–Crippen LogP) is 2.24. The Morgan fingerprint density at radius 2 is 1.83 bits per heavy atom. The smallest absolute Gasteiger partial charge is 0.271 e. The van der Waals surface area contributed by atoms with Crippen molar-refractivity contribution in [3.63, 3.8) is 0 Å². The molecular formula is C23H26N2O5. The molecule has 158 valence electrons. The van der Waals surface area contributed by atoms with Gasteiger partial charge < -0.3 is 14.5 Å². The van der Waals surface area contributed by atoms with Crippen molar-refractivity contribution in [1.82, 2.24) is 4.90 Å². The maximum absolute atomic E-state index is 13.1. The number of aryl methyl sites for hydroxylation is 1. The van der Waals surface area contributed by atoms with Crippen molar-refractivity contribution < 1.29 is 24.0 Å². The molecule has 1 aliphatic heterocycles. The van der Waals surface area contributed by atoms with Crippen LogP contribution in [0, 0.1) is 24.2 Å². The summed E-state index contributed by atoms with van der Waals surface area (Å²) in [7, 11) is 2.91. The Hall–Kier alpha value is -3.14. The summed E-state index contributed by atoms with van der Waals surface area (Å²) in [5, 5.41) is 3.66. The van der Waals surface area contributed by atoms with Crippen LogP contribution in [0.25, 0.3) is 0 Å². The minimum atomic E-state index is -0.837. The molecule has 1 saturated heterocycles. The molecule has 2 aliphatic rings. The molecule has 0 unspecified atom stereocenters. The fraction of sp³-hybridized carbons (Fsp3) is 0.478. The van der Waals surface area contributed by atoms with Crippen LogP contribution in [0.5, 0.6) is 5.75 Å². The maximum Gasteiger partial charge on any atom is 0.271 e. The number of hydrogen-bond donors (Lipinski definition) is 0. The molecule has 2 fully saturated rings. The summed E-state index contributed by atoms with van der Waals surface area (Å²) in [4.78, 5) is 44.8. The van der Waals surface area contributed by atoms with Gasteiger partial charge in [-0.15, -0.1) is 5.92 Å². The van der Waals surface area contributed by atoms with Crippen LogP contribution in [0.1, 0.15) is 49.3 Å². The Balaban J connectivity index is 1.81. The van der Waals surface area contributed by atoms with Crippen LogP contribution < -0.4 is 4.74 Å². The molecule has 0 bridgehead atoms. The Morgan fingerprint density at radius 3 is 2.37 bits per heavy atom. The van der Waals surface area contributed by atoms with Crippen LogP contribution in [0.3, 0.4) is 0 Å². The minimum Gasteiger partial charge on any atom is -0.496 e. The van der Waals surface area contributed by atoms with Gasteiger partial charge in [0.2, 0.25) is 0 Å². The molecular weight excluding hydrogens is 384 g/mol. The summed E-state index contributed by atoms with van der Waals surface area (Å²) in [5.41, 5.74) is 1.98. The van der Waals surface area contributed by atoms with Gasteiger partial charge >= 0.3 is 0 Å². The highest BCUT2D eigenvalue weighted by Crippen LogP contribution is 2.47. The number of carbonyl (C=O) groups is 3. The Labute approximate surface area is 176 Å². The second kappa shape index (κ2) is 8.31. The third-order valence-electron chi connectivity index (χ3n) is 5.75. The number of rotatable bonds is 4. The lowest BCUT2D eigenvalue weighted by Gasteiger charge is -2.52. The molecule has 1 aromatic rings. The standard InChI is InChI=1S/C23H26N2O5/c1-6-7-16-8-14(2)20(19(9-16)29-4)21-17(26)10-23(11-18(21)27)12-25(13-23)22(28)15(3)24-30-5/h8-9,21H,10-13H2,1-5H3/b24-15+. The van der Waals surface area contributed by atoms with Crippen molar-refractivity contribution >= 4 is 23.2 Å². The quantitative estimate of drug-likeness (QED) is 0.329. The number of amides is 1. The molecule has 30 heavy (non-hydrogen) atoms. The fourth-order valence-electron chi connectivity index (χ4n) is 4.56. The van der Waals surface area contributed by atoms with Crippen LogP contribution in [-0.2, 0) is 19.2 Å². The summed E-state index contributed by atoms with van der Waals surface area (Å²) < 4.78 is 5.50. The number of benzene rings is 1. The van der Waals surface area contributed by atoms with E-state index in [0.717, 1.165) is 11.1 Å². The lowest BCUT2D eigenvalue weighted by molar-refractivity contribution is -0.151. The van der Waals surface area contributed by atoms with E-state index < -0.39 is 11.3 Å². The zero-order valence-electron chi connectivity index (χ0n) is 18.0. The zero-order chi connectivity index (χ0) is 22.1. The van der Waals surface area contributed by atoms with Crippen molar-refractivity contribution in [3.8, 4) is 17.6 Å². The SMILES string of the molecule is CC#Cc1cc(C)c(C2C(=O)CC3(CC2=O)CN(C(=O)/C(C)=N/OC)C3)c(OC)c1. The van der Waals surface area contributed by atoms with E-state index in [1.54, 1.807) is 24.8 Å². The number of ether oxygens (including phenoxy) is 1. The average molecular weight is 410 g/mol. The van der Waals surface area contributed by atoms with Gasteiger partial charge in [0.05, 0.1) is 7.11 Å². The number of likely N-dealkylation sites (tertiary alicyclic amines) is 1. The molecule has 1 aromatic carbocycles. The monoisotopic (exact) mass is 410 g/mol. The van der Waals surface area contributed by atoms with Gasteiger partial charge in [-0.25, -0.2) is 0 Å². The Kier molecular flexibility index (Phi) is 5.97. The van der Waals surface area contributed by atoms with Gasteiger partial charge in [0, 0.05) is 42.5 Å². The van der Waals surface area contributed by atoms with E-state index in [-0.39, 0.29) is 36.0 Å². The van der Waals surface area contributed by atoms with E-state index in [1.807, 2.05) is 13.0 Å². The van der Waals surface area contributed by atoms with Crippen LogP contribution in [0.2, 0.25) is 0 Å². The van der Waals surface area contributed by atoms with Crippen molar-refractivity contribution in [1.29, 1.82) is 0 Å². The number of Topliss-reactive ketones (excluding diaryl/α,β-unsaturated/α-hetero) is 2. The molecule has 3 rings (SSSR count). The molecule has 1 spiro atoms. The molecule has 0 aromatic heterocycles. The molecule has 1 saturated carbocycles. The number of ketones is 2. The first-order chi connectivity index (χ1) is 14.2. The molecule has 7 nitrogen and oxygen atoms in total. The third kappa shape index (κ3) is 3.82. The van der Waals surface area contributed by atoms with E-state index >= 15 is 0 Å². The number of oxime groups is 1. The number of methoxy groups -OCH3 is 1. The molecule has 1 aliphatic carbocycles. The summed E-state index contributed by atoms with van der Waals surface area (Å²) in [6.45, 7) is 5.93. The lowest BCUT2D eigenvalue weighted by atomic mass is 9.63. The Bertz CT molecular complexity index is 973. The van der Waals surface area contributed by atoms with E-state index in [9.17, 15) is 14.4 Å². The lowest BCUT2D eigenvalue weighted by Crippen LogP contribution is -2.63. The van der Waals surface area contributed by atoms with E-state index in [0.29, 0.717) is 24.4 Å². The predicted molar refractivity (Wildman–Crippen MR) is 111 cm³/mol. The summed E-state index contributed by atoms with van der Waals surface area (Å²) in [6, 6.07) is 3.65. The molecule has 0 radical (unpaired) electrons.